The van der Waals surface area contributed by atoms with Crippen molar-refractivity contribution in [3.05, 3.63) is 65.0 Å². The SMILES string of the molecule is CC(C)N1CCC2(CCN(c3cccc(C4=Cc5cc(F)ccc5C4)c3)CC2)CC1. The van der Waals surface area contributed by atoms with Gasteiger partial charge in [0, 0.05) is 24.8 Å². The van der Waals surface area contributed by atoms with Gasteiger partial charge in [-0.05, 0) is 111 Å². The fraction of sp³-hybridized carbons (Fsp3) is 0.481. The van der Waals surface area contributed by atoms with E-state index in [1.54, 1.807) is 12.1 Å². The first-order chi connectivity index (χ1) is 14.5. The van der Waals surface area contributed by atoms with Gasteiger partial charge in [-0.25, -0.2) is 4.39 Å². The number of piperidine rings is 2. The van der Waals surface area contributed by atoms with Crippen LogP contribution in [0.3, 0.4) is 0 Å². The summed E-state index contributed by atoms with van der Waals surface area (Å²) in [4.78, 5) is 5.21. The van der Waals surface area contributed by atoms with Gasteiger partial charge >= 0.3 is 0 Å². The standard InChI is InChI=1S/C27H33FN2/c1-20(2)29-12-8-27(9-13-29)10-14-30(15-11-27)26-5-3-4-21(19-26)23-16-22-6-7-25(28)18-24(22)17-23/h3-7,17-20H,8-16H2,1-2H3. The zero-order valence-electron chi connectivity index (χ0n) is 18.3. The number of benzene rings is 2. The third kappa shape index (κ3) is 3.80. The average Bonchev–Trinajstić information content (AvgIpc) is 3.18. The first kappa shape index (κ1) is 19.8. The molecule has 2 aromatic rings. The third-order valence-corrected chi connectivity index (χ3v) is 7.81. The lowest BCUT2D eigenvalue weighted by molar-refractivity contribution is 0.0632. The second-order valence-electron chi connectivity index (χ2n) is 9.86. The highest BCUT2D eigenvalue weighted by Crippen LogP contribution is 2.43. The molecule has 2 saturated heterocycles. The fourth-order valence-electron chi connectivity index (χ4n) is 5.65. The Hall–Kier alpha value is -2.13. The van der Waals surface area contributed by atoms with E-state index in [0.717, 1.165) is 25.1 Å². The van der Waals surface area contributed by atoms with Crippen molar-refractivity contribution in [3.63, 3.8) is 0 Å². The Labute approximate surface area is 180 Å². The highest BCUT2D eigenvalue weighted by atomic mass is 19.1. The van der Waals surface area contributed by atoms with Crippen LogP contribution in [0.4, 0.5) is 10.1 Å². The minimum atomic E-state index is -0.151. The monoisotopic (exact) mass is 404 g/mol. The van der Waals surface area contributed by atoms with E-state index in [-0.39, 0.29) is 5.82 Å². The number of likely N-dealkylation sites (tertiary alicyclic amines) is 1. The lowest BCUT2D eigenvalue weighted by Gasteiger charge is -2.48. The van der Waals surface area contributed by atoms with Crippen molar-refractivity contribution in [2.75, 3.05) is 31.1 Å². The van der Waals surface area contributed by atoms with E-state index < -0.39 is 0 Å². The van der Waals surface area contributed by atoms with Crippen LogP contribution in [0.2, 0.25) is 0 Å². The molecule has 0 N–H and O–H groups in total. The Balaban J connectivity index is 1.26. The van der Waals surface area contributed by atoms with Crippen molar-refractivity contribution < 1.29 is 4.39 Å². The smallest absolute Gasteiger partial charge is 0.123 e. The number of fused-ring (bicyclic) bond motifs is 1. The Morgan fingerprint density at radius 1 is 0.900 bits per heavy atom. The molecular weight excluding hydrogens is 371 g/mol. The van der Waals surface area contributed by atoms with Crippen LogP contribution in [0.5, 0.6) is 0 Å². The first-order valence-electron chi connectivity index (χ1n) is 11.6. The number of anilines is 1. The van der Waals surface area contributed by atoms with Crippen molar-refractivity contribution in [1.82, 2.24) is 4.90 Å². The maximum Gasteiger partial charge on any atom is 0.123 e. The normalized spacial score (nSPS) is 21.2. The fourth-order valence-corrected chi connectivity index (χ4v) is 5.65. The van der Waals surface area contributed by atoms with Crippen LogP contribution in [-0.2, 0) is 6.42 Å². The van der Waals surface area contributed by atoms with Crippen LogP contribution in [-0.4, -0.2) is 37.1 Å². The summed E-state index contributed by atoms with van der Waals surface area (Å²) in [5, 5.41) is 0. The van der Waals surface area contributed by atoms with E-state index in [1.807, 2.05) is 6.07 Å². The van der Waals surface area contributed by atoms with Gasteiger partial charge in [-0.1, -0.05) is 24.3 Å². The van der Waals surface area contributed by atoms with Crippen LogP contribution in [0.25, 0.3) is 11.6 Å². The molecule has 1 aliphatic carbocycles. The maximum atomic E-state index is 13.6. The minimum absolute atomic E-state index is 0.151. The summed E-state index contributed by atoms with van der Waals surface area (Å²) >= 11 is 0. The molecule has 3 aliphatic rings. The van der Waals surface area contributed by atoms with Crippen molar-refractivity contribution >= 4 is 17.3 Å². The Morgan fingerprint density at radius 2 is 1.63 bits per heavy atom. The highest BCUT2D eigenvalue weighted by molar-refractivity contribution is 5.89. The maximum absolute atomic E-state index is 13.6. The molecule has 3 heteroatoms. The van der Waals surface area contributed by atoms with E-state index in [2.05, 4.69) is 54.0 Å². The van der Waals surface area contributed by atoms with E-state index in [0.29, 0.717) is 11.5 Å². The molecule has 2 nitrogen and oxygen atoms in total. The summed E-state index contributed by atoms with van der Waals surface area (Å²) in [6, 6.07) is 14.8. The number of rotatable bonds is 3. The third-order valence-electron chi connectivity index (χ3n) is 7.81. The predicted octanol–water partition coefficient (Wildman–Crippen LogP) is 6.01. The second kappa shape index (κ2) is 7.85. The summed E-state index contributed by atoms with van der Waals surface area (Å²) in [6.07, 6.45) is 8.41. The van der Waals surface area contributed by atoms with Gasteiger partial charge in [-0.3, -0.25) is 0 Å². The Morgan fingerprint density at radius 3 is 2.37 bits per heavy atom. The van der Waals surface area contributed by atoms with Gasteiger partial charge in [0.25, 0.3) is 0 Å². The molecule has 0 aromatic heterocycles. The molecule has 0 saturated carbocycles. The molecule has 158 valence electrons. The van der Waals surface area contributed by atoms with E-state index in [9.17, 15) is 4.39 Å². The summed E-state index contributed by atoms with van der Waals surface area (Å²) in [5.74, 6) is -0.151. The van der Waals surface area contributed by atoms with Gasteiger partial charge in [0.15, 0.2) is 0 Å². The predicted molar refractivity (Wildman–Crippen MR) is 124 cm³/mol. The van der Waals surface area contributed by atoms with Crippen molar-refractivity contribution in [1.29, 1.82) is 0 Å². The van der Waals surface area contributed by atoms with Crippen molar-refractivity contribution in [3.8, 4) is 0 Å². The van der Waals surface area contributed by atoms with Crippen LogP contribution in [0.15, 0.2) is 42.5 Å². The Kier molecular flexibility index (Phi) is 5.18. The summed E-state index contributed by atoms with van der Waals surface area (Å²) in [7, 11) is 0. The van der Waals surface area contributed by atoms with Gasteiger partial charge in [0.2, 0.25) is 0 Å². The van der Waals surface area contributed by atoms with Crippen LogP contribution in [0.1, 0.15) is 56.2 Å². The van der Waals surface area contributed by atoms with Gasteiger partial charge in [-0.2, -0.15) is 0 Å². The van der Waals surface area contributed by atoms with Gasteiger partial charge in [0.1, 0.15) is 5.82 Å². The van der Waals surface area contributed by atoms with Crippen LogP contribution in [0, 0.1) is 11.2 Å². The van der Waals surface area contributed by atoms with Gasteiger partial charge in [0.05, 0.1) is 0 Å². The quantitative estimate of drug-likeness (QED) is 0.618. The molecular formula is C27H33FN2. The van der Waals surface area contributed by atoms with Gasteiger partial charge < -0.3 is 9.80 Å². The van der Waals surface area contributed by atoms with E-state index >= 15 is 0 Å². The van der Waals surface area contributed by atoms with Gasteiger partial charge in [-0.15, -0.1) is 0 Å². The topological polar surface area (TPSA) is 6.48 Å². The molecule has 2 aliphatic heterocycles. The molecule has 5 rings (SSSR count). The molecule has 2 fully saturated rings. The summed E-state index contributed by atoms with van der Waals surface area (Å²) < 4.78 is 13.6. The number of halogens is 1. The zero-order chi connectivity index (χ0) is 20.7. The highest BCUT2D eigenvalue weighted by Gasteiger charge is 2.38. The molecule has 2 aromatic carbocycles. The second-order valence-corrected chi connectivity index (χ2v) is 9.86. The van der Waals surface area contributed by atoms with Crippen molar-refractivity contribution in [2.45, 2.75) is 52.0 Å². The molecule has 1 spiro atoms. The molecule has 0 atom stereocenters. The first-order valence-corrected chi connectivity index (χ1v) is 11.6. The molecule has 30 heavy (non-hydrogen) atoms. The lowest BCUT2D eigenvalue weighted by Crippen LogP contribution is -2.48. The summed E-state index contributed by atoms with van der Waals surface area (Å²) in [6.45, 7) is 9.50. The summed E-state index contributed by atoms with van der Waals surface area (Å²) in [5.41, 5.74) is 6.73. The zero-order valence-corrected chi connectivity index (χ0v) is 18.3. The molecule has 0 radical (unpaired) electrons. The average molecular weight is 405 g/mol. The number of allylic oxidation sites excluding steroid dienone is 1. The number of hydrogen-bond donors (Lipinski definition) is 0. The van der Waals surface area contributed by atoms with Crippen LogP contribution < -0.4 is 4.90 Å². The van der Waals surface area contributed by atoms with Crippen molar-refractivity contribution in [2.24, 2.45) is 5.41 Å². The molecule has 2 heterocycles. The van der Waals surface area contributed by atoms with E-state index in [1.165, 1.54) is 61.2 Å². The molecule has 0 unspecified atom stereocenters. The molecule has 0 amide bonds. The van der Waals surface area contributed by atoms with Crippen LogP contribution >= 0.6 is 0 Å². The molecule has 0 bridgehead atoms. The lowest BCUT2D eigenvalue weighted by atomic mass is 9.71. The van der Waals surface area contributed by atoms with E-state index in [4.69, 9.17) is 0 Å². The largest absolute Gasteiger partial charge is 0.371 e. The number of nitrogens with zero attached hydrogens (tertiary/aromatic N) is 2. The number of hydrogen-bond acceptors (Lipinski definition) is 2. The Bertz CT molecular complexity index is 943. The minimum Gasteiger partial charge on any atom is -0.371 e.